The number of para-hydroxylation sites is 1. The molecule has 1 amide bonds. The van der Waals surface area contributed by atoms with Crippen LogP contribution < -0.4 is 15.4 Å². The zero-order chi connectivity index (χ0) is 20.6. The van der Waals surface area contributed by atoms with E-state index in [0.717, 1.165) is 17.0 Å². The Kier molecular flexibility index (Phi) is 5.96. The maximum atomic E-state index is 12.4. The van der Waals surface area contributed by atoms with Crippen LogP contribution in [0.5, 0.6) is 5.75 Å². The Balaban J connectivity index is 1.32. The Labute approximate surface area is 174 Å². The molecule has 0 unspecified atom stereocenters. The SMILES string of the molecule is O=C(Nc1ccc(OCc2ccccc2)cc1)c1cnc(Nc2ccccc2)cn1. The fourth-order valence-corrected chi connectivity index (χ4v) is 2.75. The van der Waals surface area contributed by atoms with Gasteiger partial charge in [0.2, 0.25) is 0 Å². The first-order chi connectivity index (χ1) is 14.8. The van der Waals surface area contributed by atoms with Gasteiger partial charge in [-0.3, -0.25) is 4.79 Å². The molecule has 6 heteroatoms. The summed E-state index contributed by atoms with van der Waals surface area (Å²) in [5.41, 5.74) is 2.88. The smallest absolute Gasteiger partial charge is 0.275 e. The zero-order valence-corrected chi connectivity index (χ0v) is 16.2. The molecule has 0 spiro atoms. The predicted octanol–water partition coefficient (Wildman–Crippen LogP) is 5.05. The summed E-state index contributed by atoms with van der Waals surface area (Å²) in [5.74, 6) is 0.970. The maximum absolute atomic E-state index is 12.4. The fourth-order valence-electron chi connectivity index (χ4n) is 2.75. The molecule has 0 saturated carbocycles. The quantitative estimate of drug-likeness (QED) is 0.457. The molecule has 1 aromatic heterocycles. The lowest BCUT2D eigenvalue weighted by atomic mass is 10.2. The van der Waals surface area contributed by atoms with Crippen molar-refractivity contribution < 1.29 is 9.53 Å². The lowest BCUT2D eigenvalue weighted by molar-refractivity contribution is 0.102. The molecule has 0 bridgehead atoms. The first-order valence-corrected chi connectivity index (χ1v) is 9.48. The van der Waals surface area contributed by atoms with Crippen LogP contribution in [0.4, 0.5) is 17.2 Å². The zero-order valence-electron chi connectivity index (χ0n) is 16.2. The number of nitrogens with zero attached hydrogens (tertiary/aromatic N) is 2. The number of amides is 1. The van der Waals surface area contributed by atoms with E-state index in [1.807, 2.05) is 72.8 Å². The minimum Gasteiger partial charge on any atom is -0.489 e. The van der Waals surface area contributed by atoms with Crippen LogP contribution in [0.1, 0.15) is 16.1 Å². The number of carbonyl (C=O) groups excluding carboxylic acids is 1. The third-order valence-electron chi connectivity index (χ3n) is 4.29. The van der Waals surface area contributed by atoms with Crippen LogP contribution in [-0.2, 0) is 6.61 Å². The molecule has 0 aliphatic heterocycles. The summed E-state index contributed by atoms with van der Waals surface area (Å²) >= 11 is 0. The Hall–Kier alpha value is -4.19. The summed E-state index contributed by atoms with van der Waals surface area (Å²) in [7, 11) is 0. The summed E-state index contributed by atoms with van der Waals surface area (Å²) in [6.07, 6.45) is 2.97. The van der Waals surface area contributed by atoms with Crippen LogP contribution in [0.2, 0.25) is 0 Å². The number of carbonyl (C=O) groups is 1. The standard InChI is InChI=1S/C24H20N4O2/c29-24(22-15-26-23(16-25-22)27-19-9-5-2-6-10-19)28-20-11-13-21(14-12-20)30-17-18-7-3-1-4-8-18/h1-16H,17H2,(H,26,27)(H,28,29). The highest BCUT2D eigenvalue weighted by atomic mass is 16.5. The number of hydrogen-bond acceptors (Lipinski definition) is 5. The van der Waals surface area contributed by atoms with E-state index in [-0.39, 0.29) is 11.6 Å². The third kappa shape index (κ3) is 5.20. The molecule has 2 N–H and O–H groups in total. The summed E-state index contributed by atoms with van der Waals surface area (Å²) in [6, 6.07) is 26.8. The first-order valence-electron chi connectivity index (χ1n) is 9.48. The highest BCUT2D eigenvalue weighted by Crippen LogP contribution is 2.18. The van der Waals surface area contributed by atoms with Crippen molar-refractivity contribution >= 4 is 23.1 Å². The van der Waals surface area contributed by atoms with Gasteiger partial charge in [-0.15, -0.1) is 0 Å². The van der Waals surface area contributed by atoms with Gasteiger partial charge in [0.15, 0.2) is 0 Å². The number of ether oxygens (including phenoxy) is 1. The van der Waals surface area contributed by atoms with Gasteiger partial charge in [0.05, 0.1) is 12.4 Å². The summed E-state index contributed by atoms with van der Waals surface area (Å²) < 4.78 is 5.76. The second-order valence-electron chi connectivity index (χ2n) is 6.53. The molecule has 0 saturated heterocycles. The molecule has 0 atom stereocenters. The van der Waals surface area contributed by atoms with Crippen molar-refractivity contribution in [2.75, 3.05) is 10.6 Å². The van der Waals surface area contributed by atoms with Crippen LogP contribution in [0.15, 0.2) is 97.3 Å². The van der Waals surface area contributed by atoms with Gasteiger partial charge in [0.1, 0.15) is 23.9 Å². The molecule has 1 heterocycles. The molecule has 6 nitrogen and oxygen atoms in total. The Morgan fingerprint density at radius 2 is 1.47 bits per heavy atom. The second kappa shape index (κ2) is 9.34. The van der Waals surface area contributed by atoms with E-state index in [0.29, 0.717) is 18.1 Å². The van der Waals surface area contributed by atoms with Crippen molar-refractivity contribution in [2.24, 2.45) is 0 Å². The molecular weight excluding hydrogens is 376 g/mol. The molecule has 0 aliphatic rings. The highest BCUT2D eigenvalue weighted by Gasteiger charge is 2.09. The van der Waals surface area contributed by atoms with Crippen molar-refractivity contribution in [3.63, 3.8) is 0 Å². The van der Waals surface area contributed by atoms with Gasteiger partial charge in [0, 0.05) is 11.4 Å². The maximum Gasteiger partial charge on any atom is 0.275 e. The van der Waals surface area contributed by atoms with E-state index in [9.17, 15) is 4.79 Å². The highest BCUT2D eigenvalue weighted by molar-refractivity contribution is 6.02. The van der Waals surface area contributed by atoms with Crippen molar-refractivity contribution in [1.29, 1.82) is 0 Å². The van der Waals surface area contributed by atoms with E-state index in [1.54, 1.807) is 12.1 Å². The van der Waals surface area contributed by atoms with Crippen molar-refractivity contribution in [2.45, 2.75) is 6.61 Å². The minimum atomic E-state index is -0.327. The van der Waals surface area contributed by atoms with Gasteiger partial charge >= 0.3 is 0 Å². The molecule has 4 rings (SSSR count). The van der Waals surface area contributed by atoms with Gasteiger partial charge in [-0.1, -0.05) is 48.5 Å². The molecule has 4 aromatic rings. The van der Waals surface area contributed by atoms with Crippen molar-refractivity contribution in [3.8, 4) is 5.75 Å². The van der Waals surface area contributed by atoms with Crippen molar-refractivity contribution in [1.82, 2.24) is 9.97 Å². The number of benzene rings is 3. The molecular formula is C24H20N4O2. The minimum absolute atomic E-state index is 0.234. The van der Waals surface area contributed by atoms with Crippen LogP contribution in [0, 0.1) is 0 Å². The van der Waals surface area contributed by atoms with Crippen LogP contribution >= 0.6 is 0 Å². The Morgan fingerprint density at radius 1 is 0.767 bits per heavy atom. The van der Waals surface area contributed by atoms with E-state index < -0.39 is 0 Å². The fraction of sp³-hybridized carbons (Fsp3) is 0.0417. The summed E-state index contributed by atoms with van der Waals surface area (Å²) in [4.78, 5) is 20.9. The third-order valence-corrected chi connectivity index (χ3v) is 4.29. The Bertz CT molecular complexity index is 1080. The molecule has 30 heavy (non-hydrogen) atoms. The molecule has 0 fully saturated rings. The largest absolute Gasteiger partial charge is 0.489 e. The number of hydrogen-bond donors (Lipinski definition) is 2. The van der Waals surface area contributed by atoms with Crippen LogP contribution in [0.25, 0.3) is 0 Å². The second-order valence-corrected chi connectivity index (χ2v) is 6.53. The van der Waals surface area contributed by atoms with Gasteiger partial charge in [-0.05, 0) is 42.0 Å². The lowest BCUT2D eigenvalue weighted by Gasteiger charge is -2.09. The van der Waals surface area contributed by atoms with Crippen LogP contribution in [-0.4, -0.2) is 15.9 Å². The molecule has 148 valence electrons. The lowest BCUT2D eigenvalue weighted by Crippen LogP contribution is -2.14. The van der Waals surface area contributed by atoms with Gasteiger partial charge < -0.3 is 15.4 Å². The average molecular weight is 396 g/mol. The number of anilines is 3. The summed E-state index contributed by atoms with van der Waals surface area (Å²) in [5, 5.41) is 5.94. The van der Waals surface area contributed by atoms with Gasteiger partial charge in [-0.25, -0.2) is 9.97 Å². The van der Waals surface area contributed by atoms with Gasteiger partial charge in [0.25, 0.3) is 5.91 Å². The van der Waals surface area contributed by atoms with Crippen molar-refractivity contribution in [3.05, 3.63) is 109 Å². The summed E-state index contributed by atoms with van der Waals surface area (Å²) in [6.45, 7) is 0.492. The van der Waals surface area contributed by atoms with E-state index in [2.05, 4.69) is 20.6 Å². The monoisotopic (exact) mass is 396 g/mol. The van der Waals surface area contributed by atoms with E-state index in [4.69, 9.17) is 4.74 Å². The average Bonchev–Trinajstić information content (AvgIpc) is 2.80. The van der Waals surface area contributed by atoms with E-state index in [1.165, 1.54) is 12.4 Å². The number of aromatic nitrogens is 2. The number of rotatable bonds is 7. The van der Waals surface area contributed by atoms with E-state index >= 15 is 0 Å². The normalized spacial score (nSPS) is 10.3. The topological polar surface area (TPSA) is 76.1 Å². The molecule has 0 radical (unpaired) electrons. The number of nitrogens with one attached hydrogen (secondary N) is 2. The van der Waals surface area contributed by atoms with Gasteiger partial charge in [-0.2, -0.15) is 0 Å². The first kappa shape index (κ1) is 19.1. The Morgan fingerprint density at radius 3 is 2.13 bits per heavy atom. The molecule has 3 aromatic carbocycles. The van der Waals surface area contributed by atoms with Crippen LogP contribution in [0.3, 0.4) is 0 Å². The molecule has 0 aliphatic carbocycles. The predicted molar refractivity (Wildman–Crippen MR) is 117 cm³/mol.